The summed E-state index contributed by atoms with van der Waals surface area (Å²) in [6.07, 6.45) is 5.69. The number of aryl methyl sites for hydroxylation is 1. The summed E-state index contributed by atoms with van der Waals surface area (Å²) in [5.41, 5.74) is 3.77. The quantitative estimate of drug-likeness (QED) is 0.513. The fourth-order valence-corrected chi connectivity index (χ4v) is 4.22. The van der Waals surface area contributed by atoms with Crippen LogP contribution in [0.25, 0.3) is 17.0 Å². The van der Waals surface area contributed by atoms with Gasteiger partial charge in [-0.05, 0) is 62.1 Å². The van der Waals surface area contributed by atoms with Gasteiger partial charge in [0, 0.05) is 16.1 Å². The number of rotatable bonds is 5. The van der Waals surface area contributed by atoms with Gasteiger partial charge in [0.15, 0.2) is 0 Å². The Balaban J connectivity index is 1.71. The van der Waals surface area contributed by atoms with Crippen molar-refractivity contribution in [3.63, 3.8) is 0 Å². The summed E-state index contributed by atoms with van der Waals surface area (Å²) >= 11 is 12.4. The molecule has 1 fully saturated rings. The Morgan fingerprint density at radius 2 is 2.04 bits per heavy atom. The van der Waals surface area contributed by atoms with Crippen molar-refractivity contribution in [1.82, 2.24) is 9.61 Å². The van der Waals surface area contributed by atoms with Crippen LogP contribution in [0.3, 0.4) is 0 Å². The third kappa shape index (κ3) is 3.09. The molecule has 1 aliphatic rings. The van der Waals surface area contributed by atoms with Gasteiger partial charge in [0.1, 0.15) is 11.5 Å². The summed E-state index contributed by atoms with van der Waals surface area (Å²) in [6, 6.07) is 5.51. The van der Waals surface area contributed by atoms with Crippen LogP contribution < -0.4 is 0 Å². The third-order valence-corrected chi connectivity index (χ3v) is 6.13. The lowest BCUT2D eigenvalue weighted by molar-refractivity contribution is 0.344. The zero-order chi connectivity index (χ0) is 17.7. The molecule has 4 rings (SSSR count). The number of benzene rings is 1. The molecular formula is C20H22Cl2N2O. The summed E-state index contributed by atoms with van der Waals surface area (Å²) in [7, 11) is 0. The van der Waals surface area contributed by atoms with E-state index in [1.54, 1.807) is 6.07 Å². The molecule has 3 aromatic rings. The van der Waals surface area contributed by atoms with E-state index >= 15 is 0 Å². The molecule has 1 aromatic carbocycles. The maximum absolute atomic E-state index is 6.40. The summed E-state index contributed by atoms with van der Waals surface area (Å²) in [5.74, 6) is 3.09. The van der Waals surface area contributed by atoms with E-state index in [-0.39, 0.29) is 0 Å². The van der Waals surface area contributed by atoms with Gasteiger partial charge < -0.3 is 4.42 Å². The molecule has 0 amide bonds. The minimum atomic E-state index is 0.603. The van der Waals surface area contributed by atoms with Crippen LogP contribution in [-0.2, 0) is 6.42 Å². The molecule has 1 aliphatic carbocycles. The number of oxazole rings is 1. The Morgan fingerprint density at radius 1 is 1.28 bits per heavy atom. The Hall–Kier alpha value is -1.45. The fourth-order valence-electron chi connectivity index (χ4n) is 3.73. The normalized spacial score (nSPS) is 17.2. The van der Waals surface area contributed by atoms with Crippen LogP contribution in [0.15, 0.2) is 28.8 Å². The largest absolute Gasteiger partial charge is 0.441 e. The molecule has 0 aliphatic heterocycles. The lowest BCUT2D eigenvalue weighted by Crippen LogP contribution is -2.12. The van der Waals surface area contributed by atoms with Crippen molar-refractivity contribution in [2.45, 2.75) is 40.0 Å². The monoisotopic (exact) mass is 376 g/mol. The van der Waals surface area contributed by atoms with Crippen molar-refractivity contribution in [1.29, 1.82) is 0 Å². The lowest BCUT2D eigenvalue weighted by atomic mass is 9.87. The van der Waals surface area contributed by atoms with Gasteiger partial charge >= 0.3 is 0 Å². The predicted molar refractivity (Wildman–Crippen MR) is 102 cm³/mol. The van der Waals surface area contributed by atoms with Crippen LogP contribution in [0.2, 0.25) is 10.0 Å². The summed E-state index contributed by atoms with van der Waals surface area (Å²) < 4.78 is 7.94. The van der Waals surface area contributed by atoms with Gasteiger partial charge in [-0.2, -0.15) is 9.61 Å². The highest BCUT2D eigenvalue weighted by Crippen LogP contribution is 2.41. The maximum Gasteiger partial charge on any atom is 0.225 e. The van der Waals surface area contributed by atoms with E-state index in [4.69, 9.17) is 27.6 Å². The van der Waals surface area contributed by atoms with Gasteiger partial charge in [0.2, 0.25) is 5.71 Å². The molecular weight excluding hydrogens is 355 g/mol. The molecule has 2 aromatic heterocycles. The molecule has 25 heavy (non-hydrogen) atoms. The molecule has 2 atom stereocenters. The van der Waals surface area contributed by atoms with Crippen molar-refractivity contribution in [2.24, 2.45) is 17.8 Å². The SMILES string of the molecule is Cc1oc2c(CC(C)C(C)C3CC3)cnn2c1-c1ccc(Cl)cc1Cl. The maximum atomic E-state index is 6.40. The van der Waals surface area contributed by atoms with Gasteiger partial charge in [-0.1, -0.05) is 37.0 Å². The molecule has 0 N–H and O–H groups in total. The van der Waals surface area contributed by atoms with Crippen molar-refractivity contribution >= 4 is 28.9 Å². The topological polar surface area (TPSA) is 30.4 Å². The Kier molecular flexibility index (Phi) is 4.33. The van der Waals surface area contributed by atoms with Crippen LogP contribution >= 0.6 is 23.2 Å². The van der Waals surface area contributed by atoms with E-state index in [0.29, 0.717) is 16.0 Å². The highest BCUT2D eigenvalue weighted by atomic mass is 35.5. The highest BCUT2D eigenvalue weighted by molar-refractivity contribution is 6.36. The Morgan fingerprint density at radius 3 is 2.72 bits per heavy atom. The van der Waals surface area contributed by atoms with Crippen molar-refractivity contribution < 1.29 is 4.42 Å². The smallest absolute Gasteiger partial charge is 0.225 e. The van der Waals surface area contributed by atoms with Gasteiger partial charge in [-0.15, -0.1) is 0 Å². The van der Waals surface area contributed by atoms with E-state index < -0.39 is 0 Å². The average Bonchev–Trinajstić information content (AvgIpc) is 3.28. The van der Waals surface area contributed by atoms with Crippen LogP contribution in [0, 0.1) is 24.7 Å². The average molecular weight is 377 g/mol. The first-order valence-corrected chi connectivity index (χ1v) is 9.62. The predicted octanol–water partition coefficient (Wildman–Crippen LogP) is 6.43. The Bertz CT molecular complexity index is 923. The number of aromatic nitrogens is 2. The zero-order valence-electron chi connectivity index (χ0n) is 14.7. The zero-order valence-corrected chi connectivity index (χ0v) is 16.2. The van der Waals surface area contributed by atoms with Crippen LogP contribution in [0.5, 0.6) is 0 Å². The number of hydrogen-bond donors (Lipinski definition) is 0. The minimum absolute atomic E-state index is 0.603. The van der Waals surface area contributed by atoms with Crippen LogP contribution in [0.4, 0.5) is 0 Å². The van der Waals surface area contributed by atoms with Gasteiger partial charge in [-0.3, -0.25) is 0 Å². The molecule has 0 spiro atoms. The molecule has 5 heteroatoms. The number of hydrogen-bond acceptors (Lipinski definition) is 2. The molecule has 0 bridgehead atoms. The van der Waals surface area contributed by atoms with E-state index in [2.05, 4.69) is 18.9 Å². The van der Waals surface area contributed by atoms with Gasteiger partial charge in [0.05, 0.1) is 11.2 Å². The number of halogens is 2. The second-order valence-corrected chi connectivity index (χ2v) is 8.24. The molecule has 1 saturated carbocycles. The Labute approximate surface area is 157 Å². The lowest BCUT2D eigenvalue weighted by Gasteiger charge is -2.18. The minimum Gasteiger partial charge on any atom is -0.441 e. The first-order chi connectivity index (χ1) is 12.0. The van der Waals surface area contributed by atoms with Gasteiger partial charge in [0.25, 0.3) is 0 Å². The molecule has 132 valence electrons. The second-order valence-electron chi connectivity index (χ2n) is 7.40. The van der Waals surface area contributed by atoms with Crippen molar-refractivity contribution in [3.05, 3.63) is 45.8 Å². The van der Waals surface area contributed by atoms with Crippen LogP contribution in [-0.4, -0.2) is 9.61 Å². The summed E-state index contributed by atoms with van der Waals surface area (Å²) in [6.45, 7) is 6.66. The number of nitrogens with zero attached hydrogens (tertiary/aromatic N) is 2. The van der Waals surface area contributed by atoms with E-state index in [1.165, 1.54) is 18.4 Å². The summed E-state index contributed by atoms with van der Waals surface area (Å²) in [4.78, 5) is 0. The van der Waals surface area contributed by atoms with Crippen LogP contribution in [0.1, 0.15) is 38.0 Å². The first-order valence-electron chi connectivity index (χ1n) is 8.87. The second kappa shape index (κ2) is 6.37. The molecule has 0 saturated heterocycles. The highest BCUT2D eigenvalue weighted by Gasteiger charge is 2.32. The van der Waals surface area contributed by atoms with Gasteiger partial charge in [-0.25, -0.2) is 0 Å². The van der Waals surface area contributed by atoms with Crippen molar-refractivity contribution in [2.75, 3.05) is 0 Å². The fraction of sp³-hybridized carbons (Fsp3) is 0.450. The molecule has 2 heterocycles. The first kappa shape index (κ1) is 17.0. The van der Waals surface area contributed by atoms with Crippen molar-refractivity contribution in [3.8, 4) is 11.3 Å². The number of fused-ring (bicyclic) bond motifs is 1. The molecule has 0 radical (unpaired) electrons. The standard InChI is InChI=1S/C20H22Cl2N2O/c1-11(12(2)14-4-5-14)8-15-10-23-24-19(13(3)25-20(15)24)17-7-6-16(21)9-18(17)22/h6-7,9-12,14H,4-5,8H2,1-3H3. The van der Waals surface area contributed by atoms with E-state index in [9.17, 15) is 0 Å². The van der Waals surface area contributed by atoms with E-state index in [1.807, 2.05) is 29.8 Å². The molecule has 3 nitrogen and oxygen atoms in total. The van der Waals surface area contributed by atoms with E-state index in [0.717, 1.165) is 41.0 Å². The summed E-state index contributed by atoms with van der Waals surface area (Å²) in [5, 5.41) is 5.81. The molecule has 2 unspecified atom stereocenters. The third-order valence-electron chi connectivity index (χ3n) is 5.58.